The highest BCUT2D eigenvalue weighted by molar-refractivity contribution is 5.92. The number of carboxylic acid groups (broad SMARTS) is 1. The molecule has 1 unspecified atom stereocenters. The monoisotopic (exact) mass is 307 g/mol. The van der Waals surface area contributed by atoms with Crippen LogP contribution in [0.3, 0.4) is 0 Å². The summed E-state index contributed by atoms with van der Waals surface area (Å²) in [7, 11) is 0. The SMILES string of the molecule is CC(CC1CCCC1)C(=O)Nc1ccc(CC(=O)O)c(F)c1. The molecule has 2 N–H and O–H groups in total. The molecule has 0 saturated heterocycles. The molecule has 1 aliphatic rings. The Morgan fingerprint density at radius 2 is 2.05 bits per heavy atom. The molecule has 22 heavy (non-hydrogen) atoms. The maximum Gasteiger partial charge on any atom is 0.307 e. The van der Waals surface area contributed by atoms with E-state index in [1.54, 1.807) is 6.07 Å². The number of halogens is 1. The summed E-state index contributed by atoms with van der Waals surface area (Å²) in [5, 5.41) is 11.4. The van der Waals surface area contributed by atoms with Crippen molar-refractivity contribution < 1.29 is 19.1 Å². The Balaban J connectivity index is 1.93. The van der Waals surface area contributed by atoms with Gasteiger partial charge in [-0.2, -0.15) is 0 Å². The molecule has 1 aliphatic carbocycles. The summed E-state index contributed by atoms with van der Waals surface area (Å²) in [4.78, 5) is 22.7. The van der Waals surface area contributed by atoms with Crippen molar-refractivity contribution in [2.24, 2.45) is 11.8 Å². The summed E-state index contributed by atoms with van der Waals surface area (Å²) in [6.07, 6.45) is 5.38. The van der Waals surface area contributed by atoms with E-state index in [2.05, 4.69) is 5.32 Å². The Morgan fingerprint density at radius 1 is 1.36 bits per heavy atom. The van der Waals surface area contributed by atoms with Crippen molar-refractivity contribution in [1.29, 1.82) is 0 Å². The van der Waals surface area contributed by atoms with Crippen molar-refractivity contribution in [2.45, 2.75) is 45.4 Å². The Hall–Kier alpha value is -1.91. The molecular weight excluding hydrogens is 285 g/mol. The zero-order chi connectivity index (χ0) is 16.1. The van der Waals surface area contributed by atoms with Gasteiger partial charge in [-0.05, 0) is 30.0 Å². The molecule has 0 spiro atoms. The van der Waals surface area contributed by atoms with Gasteiger partial charge in [0.2, 0.25) is 5.91 Å². The van der Waals surface area contributed by atoms with E-state index in [1.807, 2.05) is 6.92 Å². The van der Waals surface area contributed by atoms with Gasteiger partial charge in [0.05, 0.1) is 6.42 Å². The van der Waals surface area contributed by atoms with Crippen molar-refractivity contribution in [3.63, 3.8) is 0 Å². The highest BCUT2D eigenvalue weighted by atomic mass is 19.1. The van der Waals surface area contributed by atoms with Gasteiger partial charge >= 0.3 is 5.97 Å². The van der Waals surface area contributed by atoms with E-state index in [0.717, 1.165) is 6.42 Å². The highest BCUT2D eigenvalue weighted by Crippen LogP contribution is 2.30. The molecule has 1 amide bonds. The number of nitrogens with one attached hydrogen (secondary N) is 1. The second-order valence-electron chi connectivity index (χ2n) is 6.15. The van der Waals surface area contributed by atoms with Crippen LogP contribution in [0, 0.1) is 17.7 Å². The molecule has 0 aromatic heterocycles. The molecule has 0 bridgehead atoms. The van der Waals surface area contributed by atoms with Crippen LogP contribution in [0.25, 0.3) is 0 Å². The standard InChI is InChI=1S/C17H22FNO3/c1-11(8-12-4-2-3-5-12)17(22)19-14-7-6-13(9-16(20)21)15(18)10-14/h6-7,10-12H,2-5,8-9H2,1H3,(H,19,22)(H,20,21). The summed E-state index contributed by atoms with van der Waals surface area (Å²) in [6, 6.07) is 4.13. The number of hydrogen-bond donors (Lipinski definition) is 2. The number of aliphatic carboxylic acids is 1. The first kappa shape index (κ1) is 16.5. The Bertz CT molecular complexity index is 553. The fraction of sp³-hybridized carbons (Fsp3) is 0.529. The smallest absolute Gasteiger partial charge is 0.307 e. The third-order valence-electron chi connectivity index (χ3n) is 4.27. The minimum Gasteiger partial charge on any atom is -0.481 e. The Morgan fingerprint density at radius 3 is 2.64 bits per heavy atom. The Labute approximate surface area is 129 Å². The predicted molar refractivity (Wildman–Crippen MR) is 82.1 cm³/mol. The van der Waals surface area contributed by atoms with E-state index < -0.39 is 11.8 Å². The first-order valence-electron chi connectivity index (χ1n) is 7.76. The second-order valence-corrected chi connectivity index (χ2v) is 6.15. The van der Waals surface area contributed by atoms with Gasteiger partial charge < -0.3 is 10.4 Å². The van der Waals surface area contributed by atoms with Crippen LogP contribution < -0.4 is 5.32 Å². The van der Waals surface area contributed by atoms with E-state index in [9.17, 15) is 14.0 Å². The van der Waals surface area contributed by atoms with Crippen LogP contribution in [0.2, 0.25) is 0 Å². The minimum atomic E-state index is -1.08. The minimum absolute atomic E-state index is 0.107. The second kappa shape index (κ2) is 7.38. The average molecular weight is 307 g/mol. The zero-order valence-corrected chi connectivity index (χ0v) is 12.8. The number of benzene rings is 1. The van der Waals surface area contributed by atoms with Crippen molar-refractivity contribution in [3.05, 3.63) is 29.6 Å². The van der Waals surface area contributed by atoms with Crippen LogP contribution in [0.1, 0.15) is 44.6 Å². The summed E-state index contributed by atoms with van der Waals surface area (Å²) < 4.78 is 13.8. The van der Waals surface area contributed by atoms with E-state index in [-0.39, 0.29) is 23.8 Å². The van der Waals surface area contributed by atoms with Crippen LogP contribution in [-0.2, 0) is 16.0 Å². The molecule has 1 aromatic rings. The quantitative estimate of drug-likeness (QED) is 0.843. The third-order valence-corrected chi connectivity index (χ3v) is 4.27. The fourth-order valence-electron chi connectivity index (χ4n) is 3.05. The fourth-order valence-corrected chi connectivity index (χ4v) is 3.05. The lowest BCUT2D eigenvalue weighted by Gasteiger charge is -2.16. The van der Waals surface area contributed by atoms with Gasteiger partial charge in [-0.3, -0.25) is 9.59 Å². The molecule has 0 aliphatic heterocycles. The van der Waals surface area contributed by atoms with Gasteiger partial charge in [0.15, 0.2) is 0 Å². The van der Waals surface area contributed by atoms with Crippen molar-refractivity contribution in [1.82, 2.24) is 0 Å². The molecule has 0 radical (unpaired) electrons. The average Bonchev–Trinajstić information content (AvgIpc) is 2.94. The first-order chi connectivity index (χ1) is 10.5. The lowest BCUT2D eigenvalue weighted by atomic mass is 9.94. The van der Waals surface area contributed by atoms with Gasteiger partial charge in [0.1, 0.15) is 5.82 Å². The number of carboxylic acids is 1. The topological polar surface area (TPSA) is 66.4 Å². The van der Waals surface area contributed by atoms with E-state index in [4.69, 9.17) is 5.11 Å². The number of carbonyl (C=O) groups is 2. The first-order valence-corrected chi connectivity index (χ1v) is 7.76. The summed E-state index contributed by atoms with van der Waals surface area (Å²) in [5.74, 6) is -1.29. The number of amides is 1. The number of hydrogen-bond acceptors (Lipinski definition) is 2. The van der Waals surface area contributed by atoms with Crippen LogP contribution in [0.4, 0.5) is 10.1 Å². The highest BCUT2D eigenvalue weighted by Gasteiger charge is 2.22. The van der Waals surface area contributed by atoms with Gasteiger partial charge in [0, 0.05) is 11.6 Å². The van der Waals surface area contributed by atoms with Crippen LogP contribution in [-0.4, -0.2) is 17.0 Å². The number of anilines is 1. The predicted octanol–water partition coefficient (Wildman–Crippen LogP) is 3.61. The largest absolute Gasteiger partial charge is 0.481 e. The number of carbonyl (C=O) groups excluding carboxylic acids is 1. The molecule has 2 rings (SSSR count). The maximum atomic E-state index is 13.8. The van der Waals surface area contributed by atoms with E-state index in [1.165, 1.54) is 37.8 Å². The molecule has 1 aromatic carbocycles. The van der Waals surface area contributed by atoms with E-state index >= 15 is 0 Å². The van der Waals surface area contributed by atoms with Crippen molar-refractivity contribution in [2.75, 3.05) is 5.32 Å². The van der Waals surface area contributed by atoms with Gasteiger partial charge in [-0.25, -0.2) is 4.39 Å². The molecule has 1 atom stereocenters. The maximum absolute atomic E-state index is 13.8. The summed E-state index contributed by atoms with van der Waals surface area (Å²) in [5.41, 5.74) is 0.486. The zero-order valence-electron chi connectivity index (χ0n) is 12.8. The molecule has 5 heteroatoms. The summed E-state index contributed by atoms with van der Waals surface area (Å²) in [6.45, 7) is 1.89. The molecule has 0 heterocycles. The van der Waals surface area contributed by atoms with Crippen LogP contribution in [0.15, 0.2) is 18.2 Å². The third kappa shape index (κ3) is 4.55. The van der Waals surface area contributed by atoms with E-state index in [0.29, 0.717) is 11.6 Å². The molecule has 4 nitrogen and oxygen atoms in total. The lowest BCUT2D eigenvalue weighted by Crippen LogP contribution is -2.22. The van der Waals surface area contributed by atoms with Crippen molar-refractivity contribution in [3.8, 4) is 0 Å². The molecular formula is C17H22FNO3. The summed E-state index contributed by atoms with van der Waals surface area (Å²) >= 11 is 0. The molecule has 1 fully saturated rings. The van der Waals surface area contributed by atoms with Gasteiger partial charge in [-0.15, -0.1) is 0 Å². The number of rotatable bonds is 6. The Kier molecular flexibility index (Phi) is 5.52. The van der Waals surface area contributed by atoms with Crippen LogP contribution in [0.5, 0.6) is 0 Å². The van der Waals surface area contributed by atoms with Gasteiger partial charge in [-0.1, -0.05) is 38.7 Å². The van der Waals surface area contributed by atoms with Gasteiger partial charge in [0.25, 0.3) is 0 Å². The molecule has 120 valence electrons. The normalized spacial score (nSPS) is 16.5. The molecule has 1 saturated carbocycles. The van der Waals surface area contributed by atoms with Crippen LogP contribution >= 0.6 is 0 Å². The lowest BCUT2D eigenvalue weighted by molar-refractivity contribution is -0.136. The van der Waals surface area contributed by atoms with Crippen molar-refractivity contribution >= 4 is 17.6 Å².